The zero-order chi connectivity index (χ0) is 14.8. The minimum Gasteiger partial charge on any atom is -0.494 e. The first-order valence-electron chi connectivity index (χ1n) is 7.32. The van der Waals surface area contributed by atoms with Crippen LogP contribution in [0.25, 0.3) is 0 Å². The molecule has 0 saturated heterocycles. The highest BCUT2D eigenvalue weighted by molar-refractivity contribution is 5.76. The summed E-state index contributed by atoms with van der Waals surface area (Å²) in [6.07, 6.45) is 2.02. The normalized spacial score (nSPS) is 10.3. The maximum Gasteiger partial charge on any atom is 0.222 e. The summed E-state index contributed by atoms with van der Waals surface area (Å²) in [4.78, 5) is 13.9. The molecule has 0 unspecified atom stereocenters. The van der Waals surface area contributed by atoms with Gasteiger partial charge in [-0.1, -0.05) is 25.1 Å². The van der Waals surface area contributed by atoms with Crippen molar-refractivity contribution in [1.29, 1.82) is 0 Å². The van der Waals surface area contributed by atoms with Crippen LogP contribution in [0.1, 0.15) is 32.3 Å². The molecule has 1 aromatic carbocycles. The van der Waals surface area contributed by atoms with Crippen molar-refractivity contribution in [2.45, 2.75) is 33.1 Å². The summed E-state index contributed by atoms with van der Waals surface area (Å²) in [5, 5.41) is 9.00. The van der Waals surface area contributed by atoms with E-state index in [1.54, 1.807) is 4.90 Å². The molecule has 112 valence electrons. The maximum absolute atomic E-state index is 12.1. The topological polar surface area (TPSA) is 49.8 Å². The van der Waals surface area contributed by atoms with Crippen molar-refractivity contribution in [3.05, 3.63) is 29.8 Å². The monoisotopic (exact) mass is 279 g/mol. The Bertz CT molecular complexity index is 400. The Balaban J connectivity index is 2.59. The fraction of sp³-hybridized carbons (Fsp3) is 0.562. The maximum atomic E-state index is 12.1. The van der Waals surface area contributed by atoms with E-state index < -0.39 is 0 Å². The van der Waals surface area contributed by atoms with Gasteiger partial charge in [0.25, 0.3) is 0 Å². The summed E-state index contributed by atoms with van der Waals surface area (Å²) in [6, 6.07) is 7.82. The smallest absolute Gasteiger partial charge is 0.222 e. The highest BCUT2D eigenvalue weighted by Crippen LogP contribution is 2.19. The summed E-state index contributed by atoms with van der Waals surface area (Å²) >= 11 is 0. The van der Waals surface area contributed by atoms with Crippen LogP contribution in [0.15, 0.2) is 24.3 Å². The number of hydrogen-bond donors (Lipinski definition) is 1. The quantitative estimate of drug-likeness (QED) is 0.754. The number of aliphatic hydroxyl groups excluding tert-OH is 1. The van der Waals surface area contributed by atoms with Gasteiger partial charge in [0.1, 0.15) is 5.75 Å². The Labute approximate surface area is 121 Å². The first-order chi connectivity index (χ1) is 9.72. The molecule has 0 fully saturated rings. The van der Waals surface area contributed by atoms with Crippen molar-refractivity contribution in [2.75, 3.05) is 26.3 Å². The zero-order valence-corrected chi connectivity index (χ0v) is 12.5. The van der Waals surface area contributed by atoms with Gasteiger partial charge in [0.05, 0.1) is 13.2 Å². The van der Waals surface area contributed by atoms with E-state index in [0.717, 1.165) is 17.7 Å². The minimum atomic E-state index is 0.0152. The van der Waals surface area contributed by atoms with Gasteiger partial charge in [-0.15, -0.1) is 0 Å². The van der Waals surface area contributed by atoms with E-state index in [4.69, 9.17) is 9.84 Å². The van der Waals surface area contributed by atoms with Crippen LogP contribution < -0.4 is 4.74 Å². The van der Waals surface area contributed by atoms with Crippen LogP contribution >= 0.6 is 0 Å². The number of rotatable bonds is 9. The number of para-hydroxylation sites is 1. The molecule has 1 rings (SSSR count). The lowest BCUT2D eigenvalue weighted by Crippen LogP contribution is -2.34. The number of ether oxygens (including phenoxy) is 1. The Kier molecular flexibility index (Phi) is 7.73. The number of nitrogens with zero attached hydrogens (tertiary/aromatic N) is 1. The van der Waals surface area contributed by atoms with E-state index in [2.05, 4.69) is 0 Å². The lowest BCUT2D eigenvalue weighted by atomic mass is 10.1. The molecule has 4 heteroatoms. The molecule has 0 atom stereocenters. The molecule has 4 nitrogen and oxygen atoms in total. The van der Waals surface area contributed by atoms with Gasteiger partial charge in [-0.2, -0.15) is 0 Å². The van der Waals surface area contributed by atoms with Crippen LogP contribution in [0.3, 0.4) is 0 Å². The third kappa shape index (κ3) is 5.21. The molecule has 0 bridgehead atoms. The summed E-state index contributed by atoms with van der Waals surface area (Å²) < 4.78 is 5.56. The number of aryl methyl sites for hydroxylation is 1. The summed E-state index contributed by atoms with van der Waals surface area (Å²) in [5.74, 6) is 0.944. The average Bonchev–Trinajstić information content (AvgIpc) is 2.46. The molecule has 1 amide bonds. The predicted octanol–water partition coefficient (Wildman–Crippen LogP) is 2.25. The van der Waals surface area contributed by atoms with E-state index in [1.165, 1.54) is 0 Å². The van der Waals surface area contributed by atoms with Crippen molar-refractivity contribution >= 4 is 5.91 Å². The van der Waals surface area contributed by atoms with Crippen LogP contribution in [0.5, 0.6) is 5.75 Å². The van der Waals surface area contributed by atoms with Crippen molar-refractivity contribution < 1.29 is 14.6 Å². The first kappa shape index (κ1) is 16.5. The predicted molar refractivity (Wildman–Crippen MR) is 79.9 cm³/mol. The van der Waals surface area contributed by atoms with Crippen LogP contribution in [0.4, 0.5) is 0 Å². The number of carbonyl (C=O) groups excluding carboxylic acids is 1. The zero-order valence-electron chi connectivity index (χ0n) is 12.5. The fourth-order valence-corrected chi connectivity index (χ4v) is 2.16. The lowest BCUT2D eigenvalue weighted by Gasteiger charge is -2.21. The minimum absolute atomic E-state index is 0.0152. The molecular weight excluding hydrogens is 254 g/mol. The highest BCUT2D eigenvalue weighted by atomic mass is 16.5. The van der Waals surface area contributed by atoms with Gasteiger partial charge in [0.2, 0.25) is 5.91 Å². The van der Waals surface area contributed by atoms with E-state index >= 15 is 0 Å². The van der Waals surface area contributed by atoms with Crippen molar-refractivity contribution in [3.8, 4) is 5.75 Å². The second kappa shape index (κ2) is 9.37. The number of carbonyl (C=O) groups is 1. The molecule has 0 aliphatic carbocycles. The molecule has 0 heterocycles. The molecule has 0 aliphatic rings. The second-order valence-electron chi connectivity index (χ2n) is 4.65. The number of aliphatic hydroxyl groups is 1. The number of amides is 1. The Morgan fingerprint density at radius 1 is 1.25 bits per heavy atom. The molecule has 0 radical (unpaired) electrons. The molecular formula is C16H25NO3. The van der Waals surface area contributed by atoms with Crippen molar-refractivity contribution in [1.82, 2.24) is 4.90 Å². The molecule has 1 N–H and O–H groups in total. The highest BCUT2D eigenvalue weighted by Gasteiger charge is 2.13. The SMILES string of the molecule is CCCN(CCO)C(=O)CCc1ccccc1OCC. The van der Waals surface area contributed by atoms with Crippen LogP contribution in [-0.2, 0) is 11.2 Å². The van der Waals surface area contributed by atoms with E-state index in [9.17, 15) is 4.79 Å². The van der Waals surface area contributed by atoms with Gasteiger partial charge in [0, 0.05) is 19.5 Å². The second-order valence-corrected chi connectivity index (χ2v) is 4.65. The van der Waals surface area contributed by atoms with Gasteiger partial charge in [-0.25, -0.2) is 0 Å². The lowest BCUT2D eigenvalue weighted by molar-refractivity contribution is -0.131. The van der Waals surface area contributed by atoms with Crippen LogP contribution in [-0.4, -0.2) is 42.2 Å². The Hall–Kier alpha value is -1.55. The first-order valence-corrected chi connectivity index (χ1v) is 7.32. The van der Waals surface area contributed by atoms with Crippen molar-refractivity contribution in [2.24, 2.45) is 0 Å². The summed E-state index contributed by atoms with van der Waals surface area (Å²) in [6.45, 7) is 5.74. The van der Waals surface area contributed by atoms with Gasteiger partial charge in [-0.3, -0.25) is 4.79 Å². The number of hydrogen-bond acceptors (Lipinski definition) is 3. The average molecular weight is 279 g/mol. The molecule has 1 aromatic rings. The van der Waals surface area contributed by atoms with E-state index in [0.29, 0.717) is 32.5 Å². The van der Waals surface area contributed by atoms with Gasteiger partial charge in [-0.05, 0) is 31.4 Å². The summed E-state index contributed by atoms with van der Waals surface area (Å²) in [5.41, 5.74) is 1.06. The van der Waals surface area contributed by atoms with E-state index in [-0.39, 0.29) is 12.5 Å². The third-order valence-corrected chi connectivity index (χ3v) is 3.10. The molecule has 0 aromatic heterocycles. The van der Waals surface area contributed by atoms with Crippen LogP contribution in [0, 0.1) is 0 Å². The molecule has 0 aliphatic heterocycles. The van der Waals surface area contributed by atoms with Gasteiger partial charge in [0.15, 0.2) is 0 Å². The van der Waals surface area contributed by atoms with Gasteiger partial charge < -0.3 is 14.7 Å². The van der Waals surface area contributed by atoms with Gasteiger partial charge >= 0.3 is 0 Å². The third-order valence-electron chi connectivity index (χ3n) is 3.10. The fourth-order valence-electron chi connectivity index (χ4n) is 2.16. The Morgan fingerprint density at radius 3 is 2.65 bits per heavy atom. The standard InChI is InChI=1S/C16H25NO3/c1-3-11-17(12-13-18)16(19)10-9-14-7-5-6-8-15(14)20-4-2/h5-8,18H,3-4,9-13H2,1-2H3. The number of benzene rings is 1. The molecule has 20 heavy (non-hydrogen) atoms. The largest absolute Gasteiger partial charge is 0.494 e. The van der Waals surface area contributed by atoms with Crippen molar-refractivity contribution in [3.63, 3.8) is 0 Å². The molecule has 0 spiro atoms. The Morgan fingerprint density at radius 2 is 2.00 bits per heavy atom. The summed E-state index contributed by atoms with van der Waals surface area (Å²) in [7, 11) is 0. The van der Waals surface area contributed by atoms with E-state index in [1.807, 2.05) is 38.1 Å². The molecule has 0 saturated carbocycles. The van der Waals surface area contributed by atoms with Crippen LogP contribution in [0.2, 0.25) is 0 Å².